The minimum atomic E-state index is -1.47. The smallest absolute Gasteiger partial charge is 0.320 e. The van der Waals surface area contributed by atoms with E-state index in [0.717, 1.165) is 15.6 Å². The van der Waals surface area contributed by atoms with Gasteiger partial charge in [-0.3, -0.25) is 4.79 Å². The van der Waals surface area contributed by atoms with Crippen LogP contribution in [0.4, 0.5) is 0 Å². The lowest BCUT2D eigenvalue weighted by Gasteiger charge is -2.37. The predicted octanol–water partition coefficient (Wildman–Crippen LogP) is 3.58. The SMILES string of the molecule is CC(C)(OCc1cc(Br)ccc1C[C@H](N)C(=O)O)[Si](C)(C)C. The third kappa shape index (κ3) is 5.19. The maximum absolute atomic E-state index is 11.0. The molecule has 0 amide bonds. The van der Waals surface area contributed by atoms with E-state index in [4.69, 9.17) is 15.6 Å². The molecule has 1 rings (SSSR count). The van der Waals surface area contributed by atoms with E-state index in [9.17, 15) is 4.79 Å². The first-order valence-corrected chi connectivity index (χ1v) is 11.6. The Kier molecular flexibility index (Phi) is 6.38. The summed E-state index contributed by atoms with van der Waals surface area (Å²) in [6, 6.07) is 4.89. The van der Waals surface area contributed by atoms with Crippen molar-refractivity contribution in [2.45, 2.75) is 57.8 Å². The summed E-state index contributed by atoms with van der Waals surface area (Å²) < 4.78 is 7.12. The lowest BCUT2D eigenvalue weighted by molar-refractivity contribution is -0.138. The molecule has 0 aliphatic carbocycles. The molecule has 0 aromatic heterocycles. The Morgan fingerprint density at radius 1 is 1.36 bits per heavy atom. The van der Waals surface area contributed by atoms with Crippen molar-refractivity contribution in [3.8, 4) is 0 Å². The standard InChI is InChI=1S/C16H26BrNO3Si/c1-16(2,22(3,4)5)21-10-12-8-13(17)7-6-11(12)9-14(18)15(19)20/h6-8,14H,9-10,18H2,1-5H3,(H,19,20)/t14-/m0/s1. The van der Waals surface area contributed by atoms with E-state index in [-0.39, 0.29) is 5.22 Å². The van der Waals surface area contributed by atoms with Crippen molar-refractivity contribution < 1.29 is 14.6 Å². The first-order chi connectivity index (χ1) is 9.94. The van der Waals surface area contributed by atoms with Crippen LogP contribution in [-0.4, -0.2) is 30.4 Å². The topological polar surface area (TPSA) is 72.5 Å². The number of carbonyl (C=O) groups is 1. The maximum Gasteiger partial charge on any atom is 0.320 e. The van der Waals surface area contributed by atoms with Gasteiger partial charge in [-0.2, -0.15) is 0 Å². The van der Waals surface area contributed by atoms with Crippen LogP contribution in [0.3, 0.4) is 0 Å². The van der Waals surface area contributed by atoms with Gasteiger partial charge in [-0.05, 0) is 43.5 Å². The lowest BCUT2D eigenvalue weighted by Crippen LogP contribution is -2.49. The van der Waals surface area contributed by atoms with Crippen LogP contribution in [0.1, 0.15) is 25.0 Å². The number of rotatable bonds is 7. The molecule has 1 atom stereocenters. The number of nitrogens with two attached hydrogens (primary N) is 1. The molecular formula is C16H26BrNO3Si. The molecule has 0 aliphatic rings. The molecule has 124 valence electrons. The Balaban J connectivity index is 2.94. The Bertz CT molecular complexity index is 541. The molecular weight excluding hydrogens is 362 g/mol. The first-order valence-electron chi connectivity index (χ1n) is 7.33. The van der Waals surface area contributed by atoms with E-state index >= 15 is 0 Å². The van der Waals surface area contributed by atoms with Crippen LogP contribution in [0, 0.1) is 0 Å². The summed E-state index contributed by atoms with van der Waals surface area (Å²) in [6.45, 7) is 11.5. The van der Waals surface area contributed by atoms with Gasteiger partial charge in [0.1, 0.15) is 6.04 Å². The highest BCUT2D eigenvalue weighted by Gasteiger charge is 2.35. The number of halogens is 1. The minimum Gasteiger partial charge on any atom is -0.480 e. The van der Waals surface area contributed by atoms with Gasteiger partial charge in [0.15, 0.2) is 0 Å². The van der Waals surface area contributed by atoms with Crippen molar-refractivity contribution in [1.29, 1.82) is 0 Å². The van der Waals surface area contributed by atoms with Crippen LogP contribution >= 0.6 is 15.9 Å². The first kappa shape index (κ1) is 19.4. The zero-order chi connectivity index (χ0) is 17.1. The minimum absolute atomic E-state index is 0.165. The Hall–Kier alpha value is -0.693. The van der Waals surface area contributed by atoms with Crippen LogP contribution in [0.5, 0.6) is 0 Å². The monoisotopic (exact) mass is 387 g/mol. The summed E-state index contributed by atoms with van der Waals surface area (Å²) >= 11 is 3.46. The van der Waals surface area contributed by atoms with Crippen molar-refractivity contribution >= 4 is 30.0 Å². The van der Waals surface area contributed by atoms with Crippen molar-refractivity contribution in [2.75, 3.05) is 0 Å². The van der Waals surface area contributed by atoms with Gasteiger partial charge >= 0.3 is 5.97 Å². The average Bonchev–Trinajstić information content (AvgIpc) is 2.37. The summed E-state index contributed by atoms with van der Waals surface area (Å²) in [4.78, 5) is 11.0. The van der Waals surface area contributed by atoms with Crippen LogP contribution in [0.2, 0.25) is 19.6 Å². The summed E-state index contributed by atoms with van der Waals surface area (Å²) in [5.74, 6) is -0.989. The molecule has 0 unspecified atom stereocenters. The molecule has 6 heteroatoms. The number of ether oxygens (including phenoxy) is 1. The molecule has 0 aliphatic heterocycles. The van der Waals surface area contributed by atoms with Crippen molar-refractivity contribution in [3.63, 3.8) is 0 Å². The maximum atomic E-state index is 11.0. The molecule has 0 radical (unpaired) electrons. The fourth-order valence-electron chi connectivity index (χ4n) is 1.73. The van der Waals surface area contributed by atoms with Crippen LogP contribution in [0.15, 0.2) is 22.7 Å². The van der Waals surface area contributed by atoms with Gasteiger partial charge in [0.05, 0.1) is 19.9 Å². The Labute approximate surface area is 142 Å². The molecule has 0 saturated carbocycles. The number of aliphatic carboxylic acids is 1. The zero-order valence-electron chi connectivity index (χ0n) is 13.9. The molecule has 0 heterocycles. The molecule has 4 nitrogen and oxygen atoms in total. The average molecular weight is 388 g/mol. The number of carboxylic acids is 1. The fraction of sp³-hybridized carbons (Fsp3) is 0.562. The van der Waals surface area contributed by atoms with Crippen LogP contribution in [-0.2, 0) is 22.6 Å². The highest BCUT2D eigenvalue weighted by Crippen LogP contribution is 2.27. The normalized spacial score (nSPS) is 14.0. The van der Waals surface area contributed by atoms with Gasteiger partial charge in [-0.25, -0.2) is 0 Å². The molecule has 1 aromatic carbocycles. The second-order valence-electron chi connectivity index (χ2n) is 7.11. The number of hydrogen-bond acceptors (Lipinski definition) is 3. The molecule has 0 saturated heterocycles. The van der Waals surface area contributed by atoms with Crippen molar-refractivity contribution in [3.05, 3.63) is 33.8 Å². The number of hydrogen-bond donors (Lipinski definition) is 2. The van der Waals surface area contributed by atoms with Crippen molar-refractivity contribution in [1.82, 2.24) is 0 Å². The Morgan fingerprint density at radius 2 is 1.95 bits per heavy atom. The highest BCUT2D eigenvalue weighted by molar-refractivity contribution is 9.10. The van der Waals surface area contributed by atoms with Gasteiger partial charge in [0.25, 0.3) is 0 Å². The zero-order valence-corrected chi connectivity index (χ0v) is 16.5. The van der Waals surface area contributed by atoms with Crippen LogP contribution < -0.4 is 5.73 Å². The van der Waals surface area contributed by atoms with Gasteiger partial charge in [0.2, 0.25) is 0 Å². The predicted molar refractivity (Wildman–Crippen MR) is 95.7 cm³/mol. The van der Waals surface area contributed by atoms with E-state index in [2.05, 4.69) is 49.4 Å². The molecule has 3 N–H and O–H groups in total. The highest BCUT2D eigenvalue weighted by atomic mass is 79.9. The molecule has 0 bridgehead atoms. The summed E-state index contributed by atoms with van der Waals surface area (Å²) in [5, 5.41) is 8.83. The van der Waals surface area contributed by atoms with Crippen molar-refractivity contribution in [2.24, 2.45) is 5.73 Å². The largest absolute Gasteiger partial charge is 0.480 e. The molecule has 0 fully saturated rings. The fourth-order valence-corrected chi connectivity index (χ4v) is 2.64. The van der Waals surface area contributed by atoms with E-state index in [1.54, 1.807) is 0 Å². The second kappa shape index (κ2) is 7.25. The Morgan fingerprint density at radius 3 is 2.45 bits per heavy atom. The van der Waals surface area contributed by atoms with E-state index in [0.29, 0.717) is 13.0 Å². The number of benzene rings is 1. The molecule has 0 spiro atoms. The van der Waals surface area contributed by atoms with Gasteiger partial charge < -0.3 is 15.6 Å². The van der Waals surface area contributed by atoms with E-state index in [1.165, 1.54) is 0 Å². The molecule has 22 heavy (non-hydrogen) atoms. The quantitative estimate of drug-likeness (QED) is 0.701. The third-order valence-corrected chi connectivity index (χ3v) is 8.57. The van der Waals surface area contributed by atoms with E-state index in [1.807, 2.05) is 18.2 Å². The summed E-state index contributed by atoms with van der Waals surface area (Å²) in [6.07, 6.45) is 0.300. The van der Waals surface area contributed by atoms with Gasteiger partial charge in [-0.15, -0.1) is 0 Å². The third-order valence-electron chi connectivity index (χ3n) is 4.32. The van der Waals surface area contributed by atoms with Crippen LogP contribution in [0.25, 0.3) is 0 Å². The van der Waals surface area contributed by atoms with Gasteiger partial charge in [-0.1, -0.05) is 41.6 Å². The summed E-state index contributed by atoms with van der Waals surface area (Å²) in [5.41, 5.74) is 7.57. The number of carboxylic acid groups (broad SMARTS) is 1. The molecule has 1 aromatic rings. The van der Waals surface area contributed by atoms with E-state index < -0.39 is 20.1 Å². The second-order valence-corrected chi connectivity index (χ2v) is 13.7. The van der Waals surface area contributed by atoms with Gasteiger partial charge in [0, 0.05) is 4.47 Å². The lowest BCUT2D eigenvalue weighted by atomic mass is 10.0. The summed E-state index contributed by atoms with van der Waals surface area (Å²) in [7, 11) is -1.47.